The zero-order valence-electron chi connectivity index (χ0n) is 8.23. The Labute approximate surface area is 91.7 Å². The van der Waals surface area contributed by atoms with Gasteiger partial charge in [-0.2, -0.15) is 11.8 Å². The highest BCUT2D eigenvalue weighted by Gasteiger charge is 2.22. The third-order valence-corrected chi connectivity index (χ3v) is 4.07. The molecule has 0 amide bonds. The van der Waals surface area contributed by atoms with E-state index >= 15 is 0 Å². The van der Waals surface area contributed by atoms with Crippen LogP contribution in [-0.4, -0.2) is 20.7 Å². The lowest BCUT2D eigenvalue weighted by molar-refractivity contribution is 0.813. The number of thioether (sulfide) groups is 1. The number of hydrogen-bond acceptors (Lipinski definition) is 4. The predicted molar refractivity (Wildman–Crippen MR) is 62.7 cm³/mol. The Morgan fingerprint density at radius 2 is 2.47 bits per heavy atom. The quantitative estimate of drug-likeness (QED) is 0.772. The average molecular weight is 220 g/mol. The van der Waals surface area contributed by atoms with Gasteiger partial charge in [0, 0.05) is 11.3 Å². The molecule has 3 N–H and O–H groups in total. The van der Waals surface area contributed by atoms with Crippen molar-refractivity contribution in [3.8, 4) is 0 Å². The van der Waals surface area contributed by atoms with Gasteiger partial charge in [0.1, 0.15) is 11.3 Å². The number of anilines is 1. The molecule has 2 aromatic rings. The van der Waals surface area contributed by atoms with Gasteiger partial charge in [-0.1, -0.05) is 0 Å². The largest absolute Gasteiger partial charge is 0.384 e. The van der Waals surface area contributed by atoms with Crippen molar-refractivity contribution in [3.63, 3.8) is 0 Å². The minimum absolute atomic E-state index is 0.472. The molecule has 4 nitrogen and oxygen atoms in total. The summed E-state index contributed by atoms with van der Waals surface area (Å²) in [5.74, 6) is 1.79. The number of imidazole rings is 1. The zero-order valence-corrected chi connectivity index (χ0v) is 9.05. The second-order valence-electron chi connectivity index (χ2n) is 3.73. The van der Waals surface area contributed by atoms with Crippen molar-refractivity contribution < 1.29 is 0 Å². The summed E-state index contributed by atoms with van der Waals surface area (Å²) in [5.41, 5.74) is 8.80. The monoisotopic (exact) mass is 220 g/mol. The Bertz CT molecular complexity index is 487. The number of fused-ring (bicyclic) bond motifs is 1. The zero-order chi connectivity index (χ0) is 10.3. The summed E-state index contributed by atoms with van der Waals surface area (Å²) in [5, 5.41) is 0.472. The Kier molecular flexibility index (Phi) is 2.05. The molecule has 5 heteroatoms. The number of aromatic amines is 1. The maximum absolute atomic E-state index is 5.78. The molecule has 1 aliphatic heterocycles. The maximum Gasteiger partial charge on any atom is 0.125 e. The summed E-state index contributed by atoms with van der Waals surface area (Å²) >= 11 is 1.95. The van der Waals surface area contributed by atoms with E-state index in [0.29, 0.717) is 11.1 Å². The Morgan fingerprint density at radius 1 is 1.53 bits per heavy atom. The maximum atomic E-state index is 5.78. The van der Waals surface area contributed by atoms with Gasteiger partial charge in [-0.05, 0) is 18.6 Å². The molecule has 2 aromatic heterocycles. The molecule has 1 unspecified atom stereocenters. The lowest BCUT2D eigenvalue weighted by atomic mass is 10.1. The highest BCUT2D eigenvalue weighted by molar-refractivity contribution is 7.99. The first kappa shape index (κ1) is 9.03. The molecular weight excluding hydrogens is 208 g/mol. The Morgan fingerprint density at radius 3 is 3.27 bits per heavy atom. The second kappa shape index (κ2) is 3.41. The van der Waals surface area contributed by atoms with Gasteiger partial charge in [-0.3, -0.25) is 0 Å². The number of nitrogens with two attached hydrogens (primary N) is 1. The van der Waals surface area contributed by atoms with E-state index in [1.807, 2.05) is 17.8 Å². The molecule has 78 valence electrons. The van der Waals surface area contributed by atoms with Crippen LogP contribution in [0.1, 0.15) is 23.8 Å². The van der Waals surface area contributed by atoms with Crippen molar-refractivity contribution in [2.45, 2.75) is 18.1 Å². The van der Waals surface area contributed by atoms with Crippen LogP contribution in [0.3, 0.4) is 0 Å². The van der Waals surface area contributed by atoms with Gasteiger partial charge in [0.15, 0.2) is 0 Å². The highest BCUT2D eigenvalue weighted by atomic mass is 32.2. The second-order valence-corrected chi connectivity index (χ2v) is 5.04. The van der Waals surface area contributed by atoms with Crippen LogP contribution < -0.4 is 5.73 Å². The molecule has 3 rings (SSSR count). The minimum atomic E-state index is 0.472. The van der Waals surface area contributed by atoms with Gasteiger partial charge in [-0.15, -0.1) is 0 Å². The van der Waals surface area contributed by atoms with E-state index in [1.165, 1.54) is 18.6 Å². The van der Waals surface area contributed by atoms with Crippen molar-refractivity contribution in [2.24, 2.45) is 0 Å². The molecule has 0 spiro atoms. The first-order valence-corrected chi connectivity index (χ1v) is 6.10. The van der Waals surface area contributed by atoms with E-state index in [2.05, 4.69) is 15.0 Å². The summed E-state index contributed by atoms with van der Waals surface area (Å²) in [6, 6.07) is 1.84. The molecule has 0 radical (unpaired) electrons. The molecule has 3 heterocycles. The van der Waals surface area contributed by atoms with Gasteiger partial charge < -0.3 is 10.7 Å². The first-order chi connectivity index (χ1) is 7.34. The van der Waals surface area contributed by atoms with E-state index in [0.717, 1.165) is 16.7 Å². The van der Waals surface area contributed by atoms with Crippen LogP contribution in [0.15, 0.2) is 12.4 Å². The van der Waals surface area contributed by atoms with Crippen molar-refractivity contribution in [1.29, 1.82) is 0 Å². The lowest BCUT2D eigenvalue weighted by Crippen LogP contribution is -1.99. The molecule has 0 aliphatic carbocycles. The van der Waals surface area contributed by atoms with Gasteiger partial charge in [-0.25, -0.2) is 9.97 Å². The van der Waals surface area contributed by atoms with Crippen LogP contribution in [0.4, 0.5) is 5.82 Å². The molecular formula is C10H12N4S. The minimum Gasteiger partial charge on any atom is -0.384 e. The van der Waals surface area contributed by atoms with Crippen LogP contribution in [-0.2, 0) is 0 Å². The van der Waals surface area contributed by atoms with Crippen molar-refractivity contribution in [1.82, 2.24) is 15.0 Å². The van der Waals surface area contributed by atoms with E-state index in [-0.39, 0.29) is 0 Å². The SMILES string of the molecule is Nc1cc2[nH]cnc2c(C2CCCS2)n1. The summed E-state index contributed by atoms with van der Waals surface area (Å²) in [4.78, 5) is 11.8. The number of H-pyrrole nitrogens is 1. The predicted octanol–water partition coefficient (Wildman–Crippen LogP) is 2.11. The van der Waals surface area contributed by atoms with Crippen LogP contribution in [0.2, 0.25) is 0 Å². The van der Waals surface area contributed by atoms with Crippen molar-refractivity contribution in [3.05, 3.63) is 18.1 Å². The number of nitrogen functional groups attached to an aromatic ring is 1. The van der Waals surface area contributed by atoms with Crippen molar-refractivity contribution in [2.75, 3.05) is 11.5 Å². The summed E-state index contributed by atoms with van der Waals surface area (Å²) in [6.07, 6.45) is 4.15. The van der Waals surface area contributed by atoms with E-state index in [4.69, 9.17) is 5.73 Å². The summed E-state index contributed by atoms with van der Waals surface area (Å²) in [6.45, 7) is 0. The standard InChI is InChI=1S/C10H12N4S/c11-8-4-6-9(13-5-12-6)10(14-8)7-2-1-3-15-7/h4-5,7H,1-3H2,(H2,11,14)(H,12,13). The third-order valence-electron chi connectivity index (χ3n) is 2.69. The molecule has 0 bridgehead atoms. The number of pyridine rings is 1. The van der Waals surface area contributed by atoms with Crippen LogP contribution in [0.5, 0.6) is 0 Å². The Hall–Kier alpha value is -1.23. The highest BCUT2D eigenvalue weighted by Crippen LogP contribution is 2.41. The van der Waals surface area contributed by atoms with Crippen LogP contribution in [0.25, 0.3) is 11.0 Å². The molecule has 1 aliphatic rings. The molecule has 1 saturated heterocycles. The van der Waals surface area contributed by atoms with Crippen LogP contribution >= 0.6 is 11.8 Å². The van der Waals surface area contributed by atoms with E-state index in [9.17, 15) is 0 Å². The average Bonchev–Trinajstić information content (AvgIpc) is 2.86. The van der Waals surface area contributed by atoms with Crippen LogP contribution in [0, 0.1) is 0 Å². The van der Waals surface area contributed by atoms with Crippen molar-refractivity contribution >= 4 is 28.6 Å². The number of aromatic nitrogens is 3. The molecule has 1 atom stereocenters. The van der Waals surface area contributed by atoms with E-state index < -0.39 is 0 Å². The fourth-order valence-corrected chi connectivity index (χ4v) is 3.28. The number of rotatable bonds is 1. The first-order valence-electron chi connectivity index (χ1n) is 5.06. The van der Waals surface area contributed by atoms with E-state index in [1.54, 1.807) is 6.33 Å². The summed E-state index contributed by atoms with van der Waals surface area (Å²) in [7, 11) is 0. The number of hydrogen-bond donors (Lipinski definition) is 2. The Balaban J connectivity index is 2.18. The third kappa shape index (κ3) is 1.47. The van der Waals surface area contributed by atoms with Gasteiger partial charge >= 0.3 is 0 Å². The smallest absolute Gasteiger partial charge is 0.125 e. The lowest BCUT2D eigenvalue weighted by Gasteiger charge is -2.09. The number of nitrogens with one attached hydrogen (secondary N) is 1. The molecule has 1 fully saturated rings. The topological polar surface area (TPSA) is 67.6 Å². The fourth-order valence-electron chi connectivity index (χ4n) is 2.01. The van der Waals surface area contributed by atoms with Gasteiger partial charge in [0.25, 0.3) is 0 Å². The normalized spacial score (nSPS) is 21.2. The van der Waals surface area contributed by atoms with Gasteiger partial charge in [0.2, 0.25) is 0 Å². The number of nitrogens with zero attached hydrogens (tertiary/aromatic N) is 2. The molecule has 0 aromatic carbocycles. The summed E-state index contributed by atoms with van der Waals surface area (Å²) < 4.78 is 0. The molecule has 0 saturated carbocycles. The molecule has 15 heavy (non-hydrogen) atoms. The van der Waals surface area contributed by atoms with Gasteiger partial charge in [0.05, 0.1) is 17.5 Å². The fraction of sp³-hybridized carbons (Fsp3) is 0.400.